The lowest BCUT2D eigenvalue weighted by Gasteiger charge is -2.35. The molecule has 0 N–H and O–H groups in total. The molecule has 1 unspecified atom stereocenters. The summed E-state index contributed by atoms with van der Waals surface area (Å²) in [6.07, 6.45) is -3.60. The van der Waals surface area contributed by atoms with Gasteiger partial charge >= 0.3 is 23.9 Å². The molecule has 0 spiro atoms. The average Bonchev–Trinajstić information content (AvgIpc) is 3.06. The molecule has 0 heterocycles. The van der Waals surface area contributed by atoms with Crippen molar-refractivity contribution in [3.05, 3.63) is 144 Å². The van der Waals surface area contributed by atoms with Crippen LogP contribution < -0.4 is 0 Å². The van der Waals surface area contributed by atoms with E-state index in [1.165, 1.54) is 0 Å². The average molecular weight is 609 g/mol. The third kappa shape index (κ3) is 9.89. The van der Waals surface area contributed by atoms with E-state index in [0.717, 1.165) is 0 Å². The first-order chi connectivity index (χ1) is 21.6. The topological polar surface area (TPSA) is 105 Å². The van der Waals surface area contributed by atoms with Gasteiger partial charge in [-0.05, 0) is 60.4 Å². The molecule has 45 heavy (non-hydrogen) atoms. The Bertz CT molecular complexity index is 1550. The lowest BCUT2D eigenvalue weighted by Crippen LogP contribution is -2.49. The molecule has 0 aromatic heterocycles. The minimum absolute atomic E-state index is 0.213. The van der Waals surface area contributed by atoms with Gasteiger partial charge in [-0.1, -0.05) is 93.6 Å². The van der Waals surface area contributed by atoms with Crippen LogP contribution in [0.5, 0.6) is 0 Å². The third-order valence-electron chi connectivity index (χ3n) is 6.72. The lowest BCUT2D eigenvalue weighted by molar-refractivity contribution is -0.108. The molecule has 4 rings (SSSR count). The molecule has 0 aliphatic heterocycles. The maximum atomic E-state index is 13.5. The van der Waals surface area contributed by atoms with Gasteiger partial charge in [-0.15, -0.1) is 0 Å². The molecular weight excluding hydrogens is 572 g/mol. The van der Waals surface area contributed by atoms with Crippen molar-refractivity contribution < 1.29 is 38.1 Å². The Kier molecular flexibility index (Phi) is 11.2. The number of carbonyl (C=O) groups excluding carboxylic acids is 4. The second kappa shape index (κ2) is 15.5. The zero-order chi connectivity index (χ0) is 32.2. The molecule has 0 saturated carbocycles. The Morgan fingerprint density at radius 3 is 1.20 bits per heavy atom. The highest BCUT2D eigenvalue weighted by Crippen LogP contribution is 2.29. The number of hydrogen-bond donors (Lipinski definition) is 0. The van der Waals surface area contributed by atoms with E-state index in [4.69, 9.17) is 18.9 Å². The van der Waals surface area contributed by atoms with E-state index in [2.05, 4.69) is 0 Å². The van der Waals surface area contributed by atoms with E-state index >= 15 is 0 Å². The van der Waals surface area contributed by atoms with Crippen LogP contribution in [0.4, 0.5) is 0 Å². The predicted octanol–water partition coefficient (Wildman–Crippen LogP) is 6.96. The van der Waals surface area contributed by atoms with Gasteiger partial charge in [0.15, 0.2) is 12.2 Å². The van der Waals surface area contributed by atoms with Crippen LogP contribution >= 0.6 is 0 Å². The second-order valence-electron chi connectivity index (χ2n) is 11.6. The first-order valence-electron chi connectivity index (χ1n) is 14.6. The molecule has 4 aromatic rings. The summed E-state index contributed by atoms with van der Waals surface area (Å²) in [6, 6.07) is 33.2. The van der Waals surface area contributed by atoms with Crippen molar-refractivity contribution in [2.45, 2.75) is 45.5 Å². The van der Waals surface area contributed by atoms with E-state index in [1.54, 1.807) is 121 Å². The minimum Gasteiger partial charge on any atom is -0.458 e. The molecule has 0 saturated heterocycles. The number of rotatable bonds is 12. The molecule has 0 fully saturated rings. The van der Waals surface area contributed by atoms with Crippen LogP contribution in [0, 0.1) is 5.41 Å². The highest BCUT2D eigenvalue weighted by molar-refractivity contribution is 5.91. The molecule has 3 atom stereocenters. The van der Waals surface area contributed by atoms with Crippen molar-refractivity contribution >= 4 is 23.9 Å². The summed E-state index contributed by atoms with van der Waals surface area (Å²) in [6.45, 7) is 5.33. The summed E-state index contributed by atoms with van der Waals surface area (Å²) in [5.41, 5.74) is 0.607. The van der Waals surface area contributed by atoms with Crippen molar-refractivity contribution in [2.75, 3.05) is 6.61 Å². The fraction of sp³-hybridized carbons (Fsp3) is 0.243. The number of ether oxygens (including phenoxy) is 4. The van der Waals surface area contributed by atoms with Crippen LogP contribution in [-0.4, -0.2) is 48.8 Å². The number of esters is 4. The summed E-state index contributed by atoms with van der Waals surface area (Å²) < 4.78 is 23.6. The maximum absolute atomic E-state index is 13.5. The molecule has 0 aliphatic rings. The first-order valence-corrected chi connectivity index (χ1v) is 14.6. The molecule has 0 amide bonds. The van der Waals surface area contributed by atoms with Crippen LogP contribution in [0.15, 0.2) is 121 Å². The molecule has 0 aliphatic carbocycles. The second-order valence-corrected chi connectivity index (χ2v) is 11.6. The van der Waals surface area contributed by atoms with Gasteiger partial charge in [0.05, 0.1) is 22.3 Å². The Hall–Kier alpha value is -5.24. The molecule has 8 heteroatoms. The van der Waals surface area contributed by atoms with Crippen LogP contribution in [0.3, 0.4) is 0 Å². The Morgan fingerprint density at radius 2 is 0.822 bits per heavy atom. The summed E-state index contributed by atoms with van der Waals surface area (Å²) in [7, 11) is 0. The van der Waals surface area contributed by atoms with Crippen molar-refractivity contribution in [1.29, 1.82) is 0 Å². The van der Waals surface area contributed by atoms with Crippen molar-refractivity contribution in [2.24, 2.45) is 5.41 Å². The van der Waals surface area contributed by atoms with Gasteiger partial charge in [0.2, 0.25) is 0 Å². The van der Waals surface area contributed by atoms with E-state index < -0.39 is 54.2 Å². The van der Waals surface area contributed by atoms with Gasteiger partial charge < -0.3 is 18.9 Å². The summed E-state index contributed by atoms with van der Waals surface area (Å²) in [4.78, 5) is 53.2. The van der Waals surface area contributed by atoms with E-state index in [-0.39, 0.29) is 28.7 Å². The van der Waals surface area contributed by atoms with Gasteiger partial charge in [-0.2, -0.15) is 0 Å². The van der Waals surface area contributed by atoms with Gasteiger partial charge in [-0.3, -0.25) is 0 Å². The number of hydrogen-bond acceptors (Lipinski definition) is 8. The maximum Gasteiger partial charge on any atom is 0.338 e. The third-order valence-corrected chi connectivity index (χ3v) is 6.72. The van der Waals surface area contributed by atoms with Crippen LogP contribution in [0.1, 0.15) is 68.6 Å². The van der Waals surface area contributed by atoms with Gasteiger partial charge in [0, 0.05) is 0 Å². The SMILES string of the molecule is CC(C)(C)CC(OC(=O)c1ccccc1)[C@H](OC(=O)c1ccccc1)[C@@H](COC(=O)c1ccccc1)OC(=O)c1ccccc1. The lowest BCUT2D eigenvalue weighted by atomic mass is 9.86. The van der Waals surface area contributed by atoms with E-state index in [0.29, 0.717) is 0 Å². The van der Waals surface area contributed by atoms with Crippen LogP contribution in [0.2, 0.25) is 0 Å². The monoisotopic (exact) mass is 608 g/mol. The zero-order valence-electron chi connectivity index (χ0n) is 25.5. The van der Waals surface area contributed by atoms with E-state index in [1.807, 2.05) is 20.8 Å². The zero-order valence-corrected chi connectivity index (χ0v) is 25.5. The molecule has 0 radical (unpaired) electrons. The fourth-order valence-electron chi connectivity index (χ4n) is 4.56. The molecule has 8 nitrogen and oxygen atoms in total. The summed E-state index contributed by atoms with van der Waals surface area (Å²) in [5, 5.41) is 0. The quantitative estimate of drug-likeness (QED) is 0.126. The number of carbonyl (C=O) groups is 4. The summed E-state index contributed by atoms with van der Waals surface area (Å²) >= 11 is 0. The van der Waals surface area contributed by atoms with Crippen LogP contribution in [-0.2, 0) is 18.9 Å². The highest BCUT2D eigenvalue weighted by Gasteiger charge is 2.41. The van der Waals surface area contributed by atoms with Gasteiger partial charge in [0.1, 0.15) is 12.7 Å². The largest absolute Gasteiger partial charge is 0.458 e. The summed E-state index contributed by atoms with van der Waals surface area (Å²) in [5.74, 6) is -2.79. The standard InChI is InChI=1S/C37H36O8/c1-37(2,3)24-30(43-34(39)27-18-10-5-11-19-27)32(45-36(41)29-22-14-7-15-23-29)31(44-35(40)28-20-12-6-13-21-28)25-42-33(38)26-16-8-4-9-17-26/h4-23,30-32H,24-25H2,1-3H3/t30?,31-,32+/m1/s1. The smallest absolute Gasteiger partial charge is 0.338 e. The predicted molar refractivity (Wildman–Crippen MR) is 168 cm³/mol. The fourth-order valence-corrected chi connectivity index (χ4v) is 4.56. The van der Waals surface area contributed by atoms with Gasteiger partial charge in [0.25, 0.3) is 0 Å². The van der Waals surface area contributed by atoms with Crippen LogP contribution in [0.25, 0.3) is 0 Å². The first kappa shape index (κ1) is 32.7. The number of benzene rings is 4. The Labute approximate surface area is 262 Å². The molecule has 0 bridgehead atoms. The Morgan fingerprint density at radius 1 is 0.489 bits per heavy atom. The van der Waals surface area contributed by atoms with E-state index in [9.17, 15) is 19.2 Å². The highest BCUT2D eigenvalue weighted by atomic mass is 16.6. The normalized spacial score (nSPS) is 13.0. The molecule has 232 valence electrons. The molecule has 4 aromatic carbocycles. The van der Waals surface area contributed by atoms with Crippen molar-refractivity contribution in [3.8, 4) is 0 Å². The minimum atomic E-state index is -1.36. The van der Waals surface area contributed by atoms with Gasteiger partial charge in [-0.25, -0.2) is 19.2 Å². The Balaban J connectivity index is 1.74. The molecular formula is C37H36O8. The van der Waals surface area contributed by atoms with Crippen molar-refractivity contribution in [1.82, 2.24) is 0 Å². The van der Waals surface area contributed by atoms with Crippen molar-refractivity contribution in [3.63, 3.8) is 0 Å².